The molecule has 1 N–H and O–H groups in total. The number of carbonyl (C=O) groups excluding carboxylic acids is 2. The van der Waals surface area contributed by atoms with E-state index in [1.807, 2.05) is 12.1 Å². The summed E-state index contributed by atoms with van der Waals surface area (Å²) in [7, 11) is -4.07. The van der Waals surface area contributed by atoms with Crippen molar-refractivity contribution >= 4 is 50.8 Å². The van der Waals surface area contributed by atoms with Crippen molar-refractivity contribution in [2.24, 2.45) is 0 Å². The molecule has 3 aromatic rings. The third-order valence-corrected chi connectivity index (χ3v) is 7.26. The number of aromatic nitrogens is 2. The number of aryl methyl sites for hydroxylation is 3. The molecule has 37 heavy (non-hydrogen) atoms. The summed E-state index contributed by atoms with van der Waals surface area (Å²) < 4.78 is 29.1. The first-order chi connectivity index (χ1) is 17.6. The number of nitrogens with zero attached hydrogens (tertiary/aromatic N) is 4. The molecule has 1 aliphatic rings. The van der Waals surface area contributed by atoms with E-state index in [1.165, 1.54) is 24.3 Å². The predicted octanol–water partition coefficient (Wildman–Crippen LogP) is 5.27. The van der Waals surface area contributed by atoms with Crippen LogP contribution in [0.2, 0.25) is 0 Å². The van der Waals surface area contributed by atoms with Crippen molar-refractivity contribution in [2.45, 2.75) is 44.9 Å². The summed E-state index contributed by atoms with van der Waals surface area (Å²) in [5, 5.41) is 2.59. The second kappa shape index (κ2) is 10.7. The minimum Gasteiger partial charge on any atom is -0.363 e. The maximum absolute atomic E-state index is 13.0. The Morgan fingerprint density at radius 1 is 0.946 bits per heavy atom. The van der Waals surface area contributed by atoms with Crippen LogP contribution in [0.3, 0.4) is 0 Å². The van der Waals surface area contributed by atoms with Crippen molar-refractivity contribution in [1.82, 2.24) is 9.97 Å². The van der Waals surface area contributed by atoms with Gasteiger partial charge < -0.3 is 15.3 Å². The number of carbonyl (C=O) groups is 2. The fraction of sp³-hybridized carbons (Fsp3) is 0.231. The third kappa shape index (κ3) is 5.81. The average Bonchev–Trinajstić information content (AvgIpc) is 3.05. The van der Waals surface area contributed by atoms with Crippen molar-refractivity contribution in [2.75, 3.05) is 10.2 Å². The van der Waals surface area contributed by atoms with E-state index in [1.54, 1.807) is 32.0 Å². The Morgan fingerprint density at radius 3 is 2.16 bits per heavy atom. The normalized spacial score (nSPS) is 13.9. The van der Waals surface area contributed by atoms with Crippen LogP contribution in [0.5, 0.6) is 0 Å². The van der Waals surface area contributed by atoms with E-state index in [0.29, 0.717) is 22.8 Å². The van der Waals surface area contributed by atoms with Crippen LogP contribution in [-0.4, -0.2) is 30.2 Å². The van der Waals surface area contributed by atoms with Gasteiger partial charge in [-0.25, -0.2) is 13.3 Å². The van der Waals surface area contributed by atoms with Gasteiger partial charge in [0.25, 0.3) is 11.8 Å². The lowest BCUT2D eigenvalue weighted by molar-refractivity contribution is -0.120. The highest BCUT2D eigenvalue weighted by Crippen LogP contribution is 2.31. The maximum atomic E-state index is 13.0. The van der Waals surface area contributed by atoms with Gasteiger partial charge in [0.2, 0.25) is 10.0 Å². The number of hydrogen-bond donors (Lipinski definition) is 1. The molecule has 0 bridgehead atoms. The number of hydrogen-bond acceptors (Lipinski definition) is 7. The van der Waals surface area contributed by atoms with Gasteiger partial charge in [0.05, 0.1) is 10.6 Å². The molecule has 2 aromatic carbocycles. The van der Waals surface area contributed by atoms with Crippen molar-refractivity contribution in [1.29, 1.82) is 0 Å². The summed E-state index contributed by atoms with van der Waals surface area (Å²) >= 11 is 6.22. The fourth-order valence-electron chi connectivity index (χ4n) is 3.80. The molecule has 0 saturated carbocycles. The second-order valence-corrected chi connectivity index (χ2v) is 10.6. The molecule has 192 valence electrons. The average molecular weight is 539 g/mol. The van der Waals surface area contributed by atoms with Gasteiger partial charge in [0.1, 0.15) is 10.7 Å². The van der Waals surface area contributed by atoms with E-state index in [-0.39, 0.29) is 21.6 Å². The van der Waals surface area contributed by atoms with Crippen LogP contribution in [0.4, 0.5) is 17.3 Å². The van der Waals surface area contributed by atoms with Crippen LogP contribution in [0.15, 0.2) is 70.2 Å². The van der Waals surface area contributed by atoms with Gasteiger partial charge in [-0.15, -0.1) is 0 Å². The number of amides is 2. The molecule has 1 aromatic heterocycles. The quantitative estimate of drug-likeness (QED) is 0.368. The van der Waals surface area contributed by atoms with E-state index in [2.05, 4.69) is 26.9 Å². The Hall–Kier alpha value is -3.76. The summed E-state index contributed by atoms with van der Waals surface area (Å²) in [6.07, 6.45) is 3.04. The first kappa shape index (κ1) is 26.3. The summed E-state index contributed by atoms with van der Waals surface area (Å²) in [5.74, 6) is -1.39. The lowest BCUT2D eigenvalue weighted by Gasteiger charge is -2.16. The van der Waals surface area contributed by atoms with Crippen molar-refractivity contribution < 1.29 is 18.0 Å². The number of unbranched alkanes of at least 4 members (excludes halogenated alkanes) is 1. The van der Waals surface area contributed by atoms with Crippen LogP contribution < -0.4 is 10.2 Å². The van der Waals surface area contributed by atoms with Gasteiger partial charge in [-0.05, 0) is 80.0 Å². The number of imide groups is 1. The number of sulfonamides is 1. The first-order valence-electron chi connectivity index (χ1n) is 11.6. The molecule has 0 saturated heterocycles. The highest BCUT2D eigenvalue weighted by atomic mass is 35.5. The van der Waals surface area contributed by atoms with E-state index < -0.39 is 21.8 Å². The Morgan fingerprint density at radius 2 is 1.57 bits per heavy atom. The Labute approximate surface area is 220 Å². The van der Waals surface area contributed by atoms with Gasteiger partial charge >= 0.3 is 0 Å². The number of anilines is 2. The Bertz CT molecular complexity index is 1470. The van der Waals surface area contributed by atoms with E-state index in [0.717, 1.165) is 29.7 Å². The molecular weight excluding hydrogens is 514 g/mol. The highest BCUT2D eigenvalue weighted by molar-refractivity contribution is 7.94. The molecule has 4 rings (SSSR count). The molecule has 2 amide bonds. The van der Waals surface area contributed by atoms with Crippen molar-refractivity contribution in [3.63, 3.8) is 0 Å². The molecule has 1 aliphatic heterocycles. The molecule has 0 unspecified atom stereocenters. The number of halogens is 1. The standard InChI is InChI=1S/C26H26ClN5O4S/c1-4-5-6-18-7-11-20(12-8-18)32-24(33)22(27)23(25(32)34)30-19-9-13-21(14-10-19)37(35,36)31-26-28-16(2)15-17(3)29-26/h7-15H,4-6H2,1-3H3,(H2,28,29,30,31,33)/p-1. The molecule has 0 aliphatic carbocycles. The Balaban J connectivity index is 1.48. The summed E-state index contributed by atoms with van der Waals surface area (Å²) in [5.41, 5.74) is 3.01. The second-order valence-electron chi connectivity index (χ2n) is 8.57. The van der Waals surface area contributed by atoms with Crippen LogP contribution >= 0.6 is 11.6 Å². The zero-order valence-corrected chi connectivity index (χ0v) is 22.1. The van der Waals surface area contributed by atoms with Crippen LogP contribution in [0.25, 0.3) is 4.72 Å². The molecule has 0 spiro atoms. The molecule has 0 atom stereocenters. The van der Waals surface area contributed by atoms with Gasteiger partial charge in [0.15, 0.2) is 0 Å². The minimum atomic E-state index is -4.07. The van der Waals surface area contributed by atoms with Gasteiger partial charge in [0, 0.05) is 11.6 Å². The zero-order valence-electron chi connectivity index (χ0n) is 20.5. The van der Waals surface area contributed by atoms with Crippen molar-refractivity contribution in [3.8, 4) is 0 Å². The predicted molar refractivity (Wildman–Crippen MR) is 142 cm³/mol. The summed E-state index contributed by atoms with van der Waals surface area (Å²) in [6, 6.07) is 14.5. The van der Waals surface area contributed by atoms with Crippen LogP contribution in [0.1, 0.15) is 36.7 Å². The van der Waals surface area contributed by atoms with E-state index in [4.69, 9.17) is 11.6 Å². The lowest BCUT2D eigenvalue weighted by Crippen LogP contribution is -2.32. The molecule has 2 heterocycles. The van der Waals surface area contributed by atoms with Gasteiger partial charge in [-0.3, -0.25) is 14.3 Å². The van der Waals surface area contributed by atoms with E-state index >= 15 is 0 Å². The molecule has 11 heteroatoms. The summed E-state index contributed by atoms with van der Waals surface area (Å²) in [6.45, 7) is 5.56. The lowest BCUT2D eigenvalue weighted by atomic mass is 10.1. The van der Waals surface area contributed by atoms with Gasteiger partial charge in [-0.2, -0.15) is 0 Å². The third-order valence-electron chi connectivity index (χ3n) is 5.63. The maximum Gasteiger partial charge on any atom is 0.283 e. The van der Waals surface area contributed by atoms with Gasteiger partial charge in [-0.1, -0.05) is 43.1 Å². The van der Waals surface area contributed by atoms with Crippen LogP contribution in [0, 0.1) is 13.8 Å². The summed E-state index contributed by atoms with van der Waals surface area (Å²) in [4.78, 5) is 34.8. The zero-order chi connectivity index (χ0) is 26.7. The Kier molecular flexibility index (Phi) is 7.60. The SMILES string of the molecule is CCCCc1ccc(N2C(=O)C(Cl)=C(Nc3ccc(S(=O)(=O)[N-]c4nc(C)cc(C)n4)cc3)C2=O)cc1. The molecule has 0 fully saturated rings. The number of rotatable bonds is 9. The number of nitrogens with one attached hydrogen (secondary N) is 1. The fourth-order valence-corrected chi connectivity index (χ4v) is 4.90. The van der Waals surface area contributed by atoms with Crippen LogP contribution in [-0.2, 0) is 26.0 Å². The molecule has 9 nitrogen and oxygen atoms in total. The highest BCUT2D eigenvalue weighted by Gasteiger charge is 2.39. The topological polar surface area (TPSA) is 123 Å². The first-order valence-corrected chi connectivity index (χ1v) is 13.5. The largest absolute Gasteiger partial charge is 0.363 e. The molecule has 0 radical (unpaired) electrons. The number of benzene rings is 2. The molecular formula is C26H25ClN5O4S-. The van der Waals surface area contributed by atoms with E-state index in [9.17, 15) is 18.0 Å². The van der Waals surface area contributed by atoms with Crippen molar-refractivity contribution in [3.05, 3.63) is 87.0 Å². The minimum absolute atomic E-state index is 0.0838. The smallest absolute Gasteiger partial charge is 0.283 e. The monoisotopic (exact) mass is 538 g/mol.